The number of amides is 1. The summed E-state index contributed by atoms with van der Waals surface area (Å²) in [4.78, 5) is 12.3. The highest BCUT2D eigenvalue weighted by molar-refractivity contribution is 5.94. The Kier molecular flexibility index (Phi) is 6.11. The van der Waals surface area contributed by atoms with Crippen molar-refractivity contribution in [2.24, 2.45) is 0 Å². The Labute approximate surface area is 135 Å². The average Bonchev–Trinajstić information content (AvgIpc) is 2.55. The van der Waals surface area contributed by atoms with Crippen LogP contribution in [0.25, 0.3) is 0 Å². The molecule has 122 valence electrons. The summed E-state index contributed by atoms with van der Waals surface area (Å²) in [5, 5.41) is 2.83. The lowest BCUT2D eigenvalue weighted by Gasteiger charge is -2.17. The largest absolute Gasteiger partial charge is 0.481 e. The van der Waals surface area contributed by atoms with E-state index < -0.39 is 6.10 Å². The van der Waals surface area contributed by atoms with Crippen molar-refractivity contribution in [1.29, 1.82) is 0 Å². The van der Waals surface area contributed by atoms with E-state index in [1.165, 1.54) is 24.3 Å². The van der Waals surface area contributed by atoms with Gasteiger partial charge in [0.25, 0.3) is 5.91 Å². The Morgan fingerprint density at radius 1 is 1.22 bits per heavy atom. The van der Waals surface area contributed by atoms with Crippen LogP contribution in [0, 0.1) is 5.82 Å². The fourth-order valence-corrected chi connectivity index (χ4v) is 2.13. The maximum absolute atomic E-state index is 12.9. The van der Waals surface area contributed by atoms with Gasteiger partial charge in [0.2, 0.25) is 0 Å². The van der Waals surface area contributed by atoms with Gasteiger partial charge in [-0.15, -0.1) is 0 Å². The van der Waals surface area contributed by atoms with Crippen LogP contribution in [-0.4, -0.2) is 19.1 Å². The van der Waals surface area contributed by atoms with Gasteiger partial charge in [-0.05, 0) is 48.4 Å². The Balaban J connectivity index is 2.02. The summed E-state index contributed by atoms with van der Waals surface area (Å²) in [6.45, 7) is 2.34. The van der Waals surface area contributed by atoms with E-state index in [2.05, 4.69) is 5.32 Å². The molecule has 0 unspecified atom stereocenters. The first kappa shape index (κ1) is 17.0. The maximum atomic E-state index is 12.9. The molecular formula is C18H20FNO3. The number of halogens is 1. The van der Waals surface area contributed by atoms with Gasteiger partial charge in [0.1, 0.15) is 11.6 Å². The van der Waals surface area contributed by atoms with Crippen LogP contribution < -0.4 is 10.1 Å². The first-order valence-corrected chi connectivity index (χ1v) is 7.43. The van der Waals surface area contributed by atoms with Crippen molar-refractivity contribution < 1.29 is 18.7 Å². The van der Waals surface area contributed by atoms with E-state index in [4.69, 9.17) is 9.47 Å². The fraction of sp³-hybridized carbons (Fsp3) is 0.278. The minimum Gasteiger partial charge on any atom is -0.481 e. The molecule has 0 bridgehead atoms. The number of carbonyl (C=O) groups is 1. The Morgan fingerprint density at radius 3 is 2.61 bits per heavy atom. The molecule has 0 aliphatic rings. The molecule has 1 atom stereocenters. The number of carbonyl (C=O) groups excluding carboxylic acids is 1. The van der Waals surface area contributed by atoms with Gasteiger partial charge in [0, 0.05) is 12.8 Å². The van der Waals surface area contributed by atoms with Crippen molar-refractivity contribution >= 4 is 11.6 Å². The highest BCUT2D eigenvalue weighted by Gasteiger charge is 2.18. The van der Waals surface area contributed by atoms with E-state index in [1.54, 1.807) is 7.11 Å². The van der Waals surface area contributed by atoms with Gasteiger partial charge in [-0.1, -0.05) is 19.1 Å². The highest BCUT2D eigenvalue weighted by atomic mass is 19.1. The molecule has 1 N–H and O–H groups in total. The van der Waals surface area contributed by atoms with Gasteiger partial charge in [0.15, 0.2) is 6.10 Å². The number of anilines is 1. The van der Waals surface area contributed by atoms with Gasteiger partial charge in [-0.2, -0.15) is 0 Å². The van der Waals surface area contributed by atoms with Crippen molar-refractivity contribution in [3.63, 3.8) is 0 Å². The SMILES string of the molecule is CC[C@@H](Oc1ccc(F)cc1)C(=O)Nc1cccc(COC)c1. The molecule has 0 saturated carbocycles. The van der Waals surface area contributed by atoms with Crippen LogP contribution in [0.5, 0.6) is 5.75 Å². The number of rotatable bonds is 7. The Morgan fingerprint density at radius 2 is 1.96 bits per heavy atom. The predicted molar refractivity (Wildman–Crippen MR) is 86.9 cm³/mol. The average molecular weight is 317 g/mol. The van der Waals surface area contributed by atoms with Gasteiger partial charge in [-0.25, -0.2) is 4.39 Å². The second kappa shape index (κ2) is 8.29. The molecule has 0 spiro atoms. The van der Waals surface area contributed by atoms with Crippen molar-refractivity contribution in [1.82, 2.24) is 0 Å². The lowest BCUT2D eigenvalue weighted by atomic mass is 10.2. The van der Waals surface area contributed by atoms with E-state index in [0.717, 1.165) is 5.56 Å². The third-order valence-corrected chi connectivity index (χ3v) is 3.26. The van der Waals surface area contributed by atoms with Crippen LogP contribution in [0.15, 0.2) is 48.5 Å². The molecule has 0 fully saturated rings. The van der Waals surface area contributed by atoms with Crippen LogP contribution in [0.3, 0.4) is 0 Å². The van der Waals surface area contributed by atoms with Crippen LogP contribution in [0.4, 0.5) is 10.1 Å². The third kappa shape index (κ3) is 5.07. The fourth-order valence-electron chi connectivity index (χ4n) is 2.13. The molecule has 2 aromatic rings. The number of nitrogens with one attached hydrogen (secondary N) is 1. The van der Waals surface area contributed by atoms with Gasteiger partial charge in [-0.3, -0.25) is 4.79 Å². The smallest absolute Gasteiger partial charge is 0.265 e. The Bertz CT molecular complexity index is 643. The zero-order valence-electron chi connectivity index (χ0n) is 13.2. The molecule has 0 aliphatic heterocycles. The molecule has 0 saturated heterocycles. The monoisotopic (exact) mass is 317 g/mol. The summed E-state index contributed by atoms with van der Waals surface area (Å²) in [5.41, 5.74) is 1.66. The molecule has 4 nitrogen and oxygen atoms in total. The van der Waals surface area contributed by atoms with Crippen LogP contribution in [0.2, 0.25) is 0 Å². The first-order valence-electron chi connectivity index (χ1n) is 7.43. The van der Waals surface area contributed by atoms with Crippen LogP contribution >= 0.6 is 0 Å². The standard InChI is InChI=1S/C18H20FNO3/c1-3-17(23-16-9-7-14(19)8-10-16)18(21)20-15-6-4-5-13(11-15)12-22-2/h4-11,17H,3,12H2,1-2H3,(H,20,21)/t17-/m1/s1. The second-order valence-electron chi connectivity index (χ2n) is 5.09. The summed E-state index contributed by atoms with van der Waals surface area (Å²) < 4.78 is 23.6. The first-order chi connectivity index (χ1) is 11.1. The molecule has 1 amide bonds. The summed E-state index contributed by atoms with van der Waals surface area (Å²) >= 11 is 0. The van der Waals surface area contributed by atoms with E-state index in [9.17, 15) is 9.18 Å². The summed E-state index contributed by atoms with van der Waals surface area (Å²) in [6.07, 6.45) is -0.146. The highest BCUT2D eigenvalue weighted by Crippen LogP contribution is 2.17. The van der Waals surface area contributed by atoms with Crippen LogP contribution in [-0.2, 0) is 16.1 Å². The lowest BCUT2D eigenvalue weighted by molar-refractivity contribution is -0.122. The number of benzene rings is 2. The topological polar surface area (TPSA) is 47.6 Å². The quantitative estimate of drug-likeness (QED) is 0.845. The molecule has 23 heavy (non-hydrogen) atoms. The molecule has 0 aromatic heterocycles. The summed E-state index contributed by atoms with van der Waals surface area (Å²) in [7, 11) is 1.62. The zero-order valence-corrected chi connectivity index (χ0v) is 13.2. The maximum Gasteiger partial charge on any atom is 0.265 e. The third-order valence-electron chi connectivity index (χ3n) is 3.26. The van der Waals surface area contributed by atoms with E-state index in [0.29, 0.717) is 24.5 Å². The summed E-state index contributed by atoms with van der Waals surface area (Å²) in [6, 6.07) is 13.0. The van der Waals surface area contributed by atoms with E-state index in [1.807, 2.05) is 31.2 Å². The normalized spacial score (nSPS) is 11.8. The zero-order chi connectivity index (χ0) is 16.7. The molecule has 5 heteroatoms. The van der Waals surface area contributed by atoms with E-state index in [-0.39, 0.29) is 11.7 Å². The van der Waals surface area contributed by atoms with Crippen molar-refractivity contribution in [3.05, 3.63) is 59.9 Å². The van der Waals surface area contributed by atoms with Gasteiger partial charge in [0.05, 0.1) is 6.61 Å². The predicted octanol–water partition coefficient (Wildman–Crippen LogP) is 3.77. The molecule has 0 aliphatic carbocycles. The number of hydrogen-bond donors (Lipinski definition) is 1. The molecule has 2 rings (SSSR count). The van der Waals surface area contributed by atoms with Gasteiger partial charge < -0.3 is 14.8 Å². The van der Waals surface area contributed by atoms with Crippen LogP contribution in [0.1, 0.15) is 18.9 Å². The number of hydrogen-bond acceptors (Lipinski definition) is 3. The summed E-state index contributed by atoms with van der Waals surface area (Å²) in [5.74, 6) is -0.127. The molecule has 0 heterocycles. The van der Waals surface area contributed by atoms with Crippen molar-refractivity contribution in [2.75, 3.05) is 12.4 Å². The van der Waals surface area contributed by atoms with Gasteiger partial charge >= 0.3 is 0 Å². The van der Waals surface area contributed by atoms with E-state index >= 15 is 0 Å². The molecular weight excluding hydrogens is 297 g/mol. The lowest BCUT2D eigenvalue weighted by Crippen LogP contribution is -2.32. The molecule has 0 radical (unpaired) electrons. The number of ether oxygens (including phenoxy) is 2. The van der Waals surface area contributed by atoms with Crippen molar-refractivity contribution in [2.45, 2.75) is 26.1 Å². The molecule has 2 aromatic carbocycles. The minimum absolute atomic E-state index is 0.244. The minimum atomic E-state index is -0.647. The second-order valence-corrected chi connectivity index (χ2v) is 5.09. The van der Waals surface area contributed by atoms with Crippen molar-refractivity contribution in [3.8, 4) is 5.75 Å². The Hall–Kier alpha value is -2.40. The number of methoxy groups -OCH3 is 1.